The third kappa shape index (κ3) is 4.83. The molecule has 0 saturated carbocycles. The molecule has 0 radical (unpaired) electrons. The fourth-order valence-corrected chi connectivity index (χ4v) is 9.26. The van der Waals surface area contributed by atoms with E-state index in [0.717, 1.165) is 66.8 Å². The molecule has 0 saturated heterocycles. The van der Waals surface area contributed by atoms with E-state index in [9.17, 15) is 0 Å². The van der Waals surface area contributed by atoms with Crippen molar-refractivity contribution in [1.82, 2.24) is 19.9 Å². The normalized spacial score (nSPS) is 14.9. The Bertz CT molecular complexity index is 3280. The molecule has 6 aromatic carbocycles. The van der Waals surface area contributed by atoms with Crippen LogP contribution in [0, 0.1) is 0 Å². The van der Waals surface area contributed by atoms with E-state index in [0.29, 0.717) is 5.82 Å². The van der Waals surface area contributed by atoms with Gasteiger partial charge in [-0.3, -0.25) is 9.97 Å². The van der Waals surface area contributed by atoms with Crippen molar-refractivity contribution in [1.29, 1.82) is 0 Å². The number of para-hydroxylation sites is 1. The Balaban J connectivity index is 1.11. The summed E-state index contributed by atoms with van der Waals surface area (Å²) in [6, 6.07) is 57.9. The molecule has 2 aliphatic carbocycles. The van der Waals surface area contributed by atoms with E-state index in [4.69, 9.17) is 19.4 Å². The van der Waals surface area contributed by atoms with Gasteiger partial charge in [-0.1, -0.05) is 121 Å². The summed E-state index contributed by atoms with van der Waals surface area (Å²) in [6.07, 6.45) is 10.0. The Morgan fingerprint density at radius 3 is 1.98 bits per heavy atom. The van der Waals surface area contributed by atoms with Crippen LogP contribution in [-0.2, 0) is 5.41 Å². The molecule has 2 aliphatic rings. The highest BCUT2D eigenvalue weighted by molar-refractivity contribution is 6.08. The predicted molar refractivity (Wildman–Crippen MR) is 233 cm³/mol. The zero-order chi connectivity index (χ0) is 38.2. The first-order valence-electron chi connectivity index (χ1n) is 19.5. The smallest absolute Gasteiger partial charge is 0.160 e. The lowest BCUT2D eigenvalue weighted by atomic mass is 9.65. The van der Waals surface area contributed by atoms with Crippen molar-refractivity contribution < 1.29 is 4.42 Å². The molecule has 1 atom stereocenters. The van der Waals surface area contributed by atoms with Crippen molar-refractivity contribution >= 4 is 34.1 Å². The highest BCUT2D eigenvalue weighted by atomic mass is 16.3. The fraction of sp³-hybridized carbons (Fsp3) is 0.0189. The molecule has 4 aromatic heterocycles. The molecule has 0 fully saturated rings. The monoisotopic (exact) mass is 740 g/mol. The second-order valence-electron chi connectivity index (χ2n) is 15.0. The molecule has 10 aromatic rings. The molecule has 270 valence electrons. The van der Waals surface area contributed by atoms with Crippen LogP contribution in [0.5, 0.6) is 0 Å². The molecule has 0 N–H and O–H groups in total. The lowest BCUT2D eigenvalue weighted by molar-refractivity contribution is 0.668. The highest BCUT2D eigenvalue weighted by Crippen LogP contribution is 2.59. The maximum absolute atomic E-state index is 6.50. The average molecular weight is 741 g/mol. The number of furan rings is 1. The van der Waals surface area contributed by atoms with E-state index < -0.39 is 5.41 Å². The minimum Gasteiger partial charge on any atom is -0.456 e. The van der Waals surface area contributed by atoms with Crippen LogP contribution in [0.1, 0.15) is 33.4 Å². The van der Waals surface area contributed by atoms with Crippen LogP contribution in [0.3, 0.4) is 0 Å². The van der Waals surface area contributed by atoms with E-state index in [1.165, 1.54) is 38.9 Å². The van der Waals surface area contributed by atoms with Gasteiger partial charge < -0.3 is 4.42 Å². The first-order valence-corrected chi connectivity index (χ1v) is 19.5. The molecule has 5 heteroatoms. The number of fused-ring (bicyclic) bond motifs is 12. The first kappa shape index (κ1) is 32.5. The number of hydrogen-bond donors (Lipinski definition) is 0. The van der Waals surface area contributed by atoms with Crippen LogP contribution in [0.2, 0.25) is 0 Å². The minimum atomic E-state index is -0.643. The summed E-state index contributed by atoms with van der Waals surface area (Å²) in [5.74, 6) is 0.648. The quantitative estimate of drug-likeness (QED) is 0.180. The SMILES string of the molecule is C1=Cc2ccc(-c3nc(-c4ccccc4)cc(-c4ccc(-c5cccnc5)nc4)n3)cc2C2(c3ccccc31)c1ccccc1-c1cc3oc4ccccc4c3cc12. The molecule has 4 heterocycles. The first-order chi connectivity index (χ1) is 28.7. The van der Waals surface area contributed by atoms with Crippen molar-refractivity contribution in [2.75, 3.05) is 0 Å². The standard InChI is InChI=1S/C53H32N4O/c1-2-12-35(13-3-1)48-30-49(38-24-25-47(55-32-38)37-14-10-26-54-31-37)57-52(56-48)36-23-22-34-21-20-33-11-4-7-17-43(33)53(45(34)27-36)44-18-8-5-15-39(44)41-29-51-42(28-46(41)53)40-16-6-9-19-50(40)58-51/h1-32H. The lowest BCUT2D eigenvalue weighted by Gasteiger charge is -2.35. The predicted octanol–water partition coefficient (Wildman–Crippen LogP) is 12.7. The van der Waals surface area contributed by atoms with Gasteiger partial charge in [0, 0.05) is 51.6 Å². The number of benzene rings is 6. The second-order valence-corrected chi connectivity index (χ2v) is 15.0. The van der Waals surface area contributed by atoms with Gasteiger partial charge in [-0.15, -0.1) is 0 Å². The zero-order valence-electron chi connectivity index (χ0n) is 31.2. The Morgan fingerprint density at radius 2 is 1.14 bits per heavy atom. The summed E-state index contributed by atoms with van der Waals surface area (Å²) in [5, 5.41) is 2.22. The summed E-state index contributed by atoms with van der Waals surface area (Å²) in [4.78, 5) is 19.7. The lowest BCUT2D eigenvalue weighted by Crippen LogP contribution is -2.30. The topological polar surface area (TPSA) is 64.7 Å². The number of pyridine rings is 2. The van der Waals surface area contributed by atoms with Crippen molar-refractivity contribution in [2.24, 2.45) is 0 Å². The summed E-state index contributed by atoms with van der Waals surface area (Å²) in [6.45, 7) is 0. The molecule has 0 amide bonds. The summed E-state index contributed by atoms with van der Waals surface area (Å²) >= 11 is 0. The second kappa shape index (κ2) is 12.6. The largest absolute Gasteiger partial charge is 0.456 e. The van der Waals surface area contributed by atoms with E-state index in [1.807, 2.05) is 54.9 Å². The number of nitrogens with zero attached hydrogens (tertiary/aromatic N) is 4. The third-order valence-electron chi connectivity index (χ3n) is 11.9. The summed E-state index contributed by atoms with van der Waals surface area (Å²) in [5.41, 5.74) is 17.1. The van der Waals surface area contributed by atoms with Gasteiger partial charge >= 0.3 is 0 Å². The number of rotatable bonds is 4. The van der Waals surface area contributed by atoms with E-state index in [-0.39, 0.29) is 0 Å². The van der Waals surface area contributed by atoms with Crippen LogP contribution in [0.4, 0.5) is 0 Å². The summed E-state index contributed by atoms with van der Waals surface area (Å²) in [7, 11) is 0. The van der Waals surface area contributed by atoms with Gasteiger partial charge in [-0.25, -0.2) is 9.97 Å². The Kier molecular flexibility index (Phi) is 7.07. The molecular weight excluding hydrogens is 709 g/mol. The minimum absolute atomic E-state index is 0.643. The van der Waals surface area contributed by atoms with Gasteiger partial charge in [-0.05, 0) is 99.1 Å². The van der Waals surface area contributed by atoms with Gasteiger partial charge in [-0.2, -0.15) is 0 Å². The van der Waals surface area contributed by atoms with Crippen molar-refractivity contribution in [3.05, 3.63) is 216 Å². The average Bonchev–Trinajstić information content (AvgIpc) is 3.75. The van der Waals surface area contributed by atoms with Crippen LogP contribution in [0.25, 0.3) is 90.4 Å². The van der Waals surface area contributed by atoms with Crippen molar-refractivity contribution in [2.45, 2.75) is 5.41 Å². The molecular formula is C53H32N4O. The van der Waals surface area contributed by atoms with Crippen molar-refractivity contribution in [3.63, 3.8) is 0 Å². The summed E-state index contributed by atoms with van der Waals surface area (Å²) < 4.78 is 6.50. The zero-order valence-corrected chi connectivity index (χ0v) is 31.2. The van der Waals surface area contributed by atoms with Gasteiger partial charge in [0.1, 0.15) is 11.2 Å². The molecule has 1 unspecified atom stereocenters. The van der Waals surface area contributed by atoms with Gasteiger partial charge in [0.05, 0.1) is 22.5 Å². The van der Waals surface area contributed by atoms with Crippen LogP contribution in [0.15, 0.2) is 187 Å². The van der Waals surface area contributed by atoms with E-state index in [2.05, 4.69) is 138 Å². The van der Waals surface area contributed by atoms with Gasteiger partial charge in [0.15, 0.2) is 5.82 Å². The maximum atomic E-state index is 6.50. The van der Waals surface area contributed by atoms with Crippen LogP contribution >= 0.6 is 0 Å². The Morgan fingerprint density at radius 1 is 0.414 bits per heavy atom. The van der Waals surface area contributed by atoms with Crippen LogP contribution < -0.4 is 0 Å². The van der Waals surface area contributed by atoms with E-state index >= 15 is 0 Å². The molecule has 5 nitrogen and oxygen atoms in total. The molecule has 0 aliphatic heterocycles. The molecule has 12 rings (SSSR count). The number of aromatic nitrogens is 4. The Hall–Kier alpha value is -7.76. The number of hydrogen-bond acceptors (Lipinski definition) is 5. The molecule has 58 heavy (non-hydrogen) atoms. The fourth-order valence-electron chi connectivity index (χ4n) is 9.26. The third-order valence-corrected chi connectivity index (χ3v) is 11.9. The highest BCUT2D eigenvalue weighted by Gasteiger charge is 2.49. The van der Waals surface area contributed by atoms with Crippen molar-refractivity contribution in [3.8, 4) is 56.3 Å². The van der Waals surface area contributed by atoms with Gasteiger partial charge in [0.2, 0.25) is 0 Å². The van der Waals surface area contributed by atoms with E-state index in [1.54, 1.807) is 6.20 Å². The van der Waals surface area contributed by atoms with Crippen LogP contribution in [-0.4, -0.2) is 19.9 Å². The Labute approximate surface area is 334 Å². The molecule has 1 spiro atoms. The van der Waals surface area contributed by atoms with Gasteiger partial charge in [0.25, 0.3) is 0 Å². The molecule has 0 bridgehead atoms. The maximum Gasteiger partial charge on any atom is 0.160 e.